The number of piperidine rings is 1. The zero-order chi connectivity index (χ0) is 21.6. The molecule has 2 saturated heterocycles. The molecule has 1 unspecified atom stereocenters. The molecule has 0 spiro atoms. The molecule has 0 radical (unpaired) electrons. The van der Waals surface area contributed by atoms with E-state index in [4.69, 9.17) is 4.99 Å². The Kier molecular flexibility index (Phi) is 7.80. The second-order valence-electron chi connectivity index (χ2n) is 7.98. The minimum absolute atomic E-state index is 0.374. The fourth-order valence-corrected chi connectivity index (χ4v) is 3.97. The van der Waals surface area contributed by atoms with Crippen LogP contribution in [0.1, 0.15) is 38.7 Å². The summed E-state index contributed by atoms with van der Waals surface area (Å²) >= 11 is 0. The molecule has 0 aliphatic carbocycles. The summed E-state index contributed by atoms with van der Waals surface area (Å²) in [6.45, 7) is 8.36. The molecule has 2 aliphatic heterocycles. The highest BCUT2D eigenvalue weighted by atomic mass is 19.4. The maximum atomic E-state index is 13.0. The molecule has 2 aliphatic rings. The Labute approximate surface area is 177 Å². The first-order chi connectivity index (χ1) is 14.4. The van der Waals surface area contributed by atoms with Gasteiger partial charge in [-0.05, 0) is 50.8 Å². The molecule has 1 N–H and O–H groups in total. The zero-order valence-corrected chi connectivity index (χ0v) is 18.0. The minimum atomic E-state index is -4.19. The molecule has 2 fully saturated rings. The van der Waals surface area contributed by atoms with E-state index in [0.29, 0.717) is 39.3 Å². The van der Waals surface area contributed by atoms with Crippen LogP contribution < -0.4 is 10.2 Å². The number of rotatable bonds is 5. The van der Waals surface area contributed by atoms with Gasteiger partial charge in [-0.15, -0.1) is 0 Å². The van der Waals surface area contributed by atoms with Crippen molar-refractivity contribution in [3.63, 3.8) is 0 Å². The SMILES string of the molecule is CCNC(=NCc1ccnc(N2CCCCC2)c1)N1CCN(C(C)C(F)(F)F)CC1. The van der Waals surface area contributed by atoms with Crippen molar-refractivity contribution in [1.29, 1.82) is 0 Å². The fourth-order valence-electron chi connectivity index (χ4n) is 3.97. The topological polar surface area (TPSA) is 47.0 Å². The molecule has 1 aromatic rings. The lowest BCUT2D eigenvalue weighted by Gasteiger charge is -2.39. The molecule has 6 nitrogen and oxygen atoms in total. The van der Waals surface area contributed by atoms with Crippen molar-refractivity contribution in [3.05, 3.63) is 23.9 Å². The van der Waals surface area contributed by atoms with Gasteiger partial charge in [0, 0.05) is 52.0 Å². The summed E-state index contributed by atoms with van der Waals surface area (Å²) in [7, 11) is 0. The average molecular weight is 427 g/mol. The Morgan fingerprint density at radius 1 is 1.13 bits per heavy atom. The Bertz CT molecular complexity index is 694. The summed E-state index contributed by atoms with van der Waals surface area (Å²) in [5, 5.41) is 3.28. The highest BCUT2D eigenvalue weighted by Crippen LogP contribution is 2.25. The van der Waals surface area contributed by atoms with Crippen LogP contribution in [0, 0.1) is 0 Å². The fraction of sp³-hybridized carbons (Fsp3) is 0.714. The standard InChI is InChI=1S/C21H33F3N6/c1-3-25-20(30-13-11-28(12-14-30)17(2)21(22,23)24)27-16-18-7-8-26-19(15-18)29-9-5-4-6-10-29/h7-8,15,17H,3-6,9-14,16H2,1-2H3,(H,25,27). The summed E-state index contributed by atoms with van der Waals surface area (Å²) < 4.78 is 39.0. The third kappa shape index (κ3) is 6.00. The molecular weight excluding hydrogens is 393 g/mol. The molecule has 1 aromatic heterocycles. The van der Waals surface area contributed by atoms with Gasteiger partial charge in [-0.3, -0.25) is 4.90 Å². The molecule has 168 valence electrons. The Morgan fingerprint density at radius 2 is 1.83 bits per heavy atom. The van der Waals surface area contributed by atoms with Crippen molar-refractivity contribution < 1.29 is 13.2 Å². The van der Waals surface area contributed by atoms with Crippen LogP contribution in [-0.2, 0) is 6.54 Å². The van der Waals surface area contributed by atoms with E-state index in [9.17, 15) is 13.2 Å². The van der Waals surface area contributed by atoms with Gasteiger partial charge in [0.1, 0.15) is 11.9 Å². The number of halogens is 3. The van der Waals surface area contributed by atoms with Crippen LogP contribution in [0.15, 0.2) is 23.3 Å². The average Bonchev–Trinajstić information content (AvgIpc) is 2.76. The van der Waals surface area contributed by atoms with Crippen LogP contribution in [0.4, 0.5) is 19.0 Å². The van der Waals surface area contributed by atoms with Crippen LogP contribution >= 0.6 is 0 Å². The van der Waals surface area contributed by atoms with Crippen molar-refractivity contribution in [1.82, 2.24) is 20.1 Å². The van der Waals surface area contributed by atoms with Gasteiger partial charge in [0.2, 0.25) is 0 Å². The van der Waals surface area contributed by atoms with E-state index in [1.807, 2.05) is 19.2 Å². The lowest BCUT2D eigenvalue weighted by atomic mass is 10.1. The van der Waals surface area contributed by atoms with E-state index in [-0.39, 0.29) is 0 Å². The van der Waals surface area contributed by atoms with Crippen molar-refractivity contribution in [2.24, 2.45) is 4.99 Å². The number of aliphatic imine (C=N–C) groups is 1. The summed E-state index contributed by atoms with van der Waals surface area (Å²) in [6.07, 6.45) is 1.33. The maximum absolute atomic E-state index is 13.0. The van der Waals surface area contributed by atoms with Gasteiger partial charge >= 0.3 is 6.18 Å². The van der Waals surface area contributed by atoms with E-state index >= 15 is 0 Å². The largest absolute Gasteiger partial charge is 0.403 e. The summed E-state index contributed by atoms with van der Waals surface area (Å²) in [4.78, 5) is 15.1. The number of aromatic nitrogens is 1. The highest BCUT2D eigenvalue weighted by molar-refractivity contribution is 5.80. The van der Waals surface area contributed by atoms with Gasteiger partial charge in [0.15, 0.2) is 5.96 Å². The number of nitrogens with one attached hydrogen (secondary N) is 1. The minimum Gasteiger partial charge on any atom is -0.357 e. The number of anilines is 1. The maximum Gasteiger partial charge on any atom is 0.403 e. The smallest absolute Gasteiger partial charge is 0.357 e. The number of hydrogen-bond donors (Lipinski definition) is 1. The third-order valence-corrected chi connectivity index (χ3v) is 5.87. The Hall–Kier alpha value is -2.03. The van der Waals surface area contributed by atoms with E-state index in [1.165, 1.54) is 31.1 Å². The monoisotopic (exact) mass is 426 g/mol. The first-order valence-electron chi connectivity index (χ1n) is 10.9. The predicted molar refractivity (Wildman–Crippen MR) is 114 cm³/mol. The number of alkyl halides is 3. The van der Waals surface area contributed by atoms with E-state index in [0.717, 1.165) is 30.4 Å². The molecule has 3 rings (SSSR count). The molecular formula is C21H33F3N6. The van der Waals surface area contributed by atoms with Crippen LogP contribution in [-0.4, -0.2) is 78.8 Å². The molecule has 9 heteroatoms. The van der Waals surface area contributed by atoms with E-state index < -0.39 is 12.2 Å². The number of nitrogens with zero attached hydrogens (tertiary/aromatic N) is 5. The normalized spacial score (nSPS) is 20.4. The first-order valence-corrected chi connectivity index (χ1v) is 10.9. The molecule has 0 aromatic carbocycles. The van der Waals surface area contributed by atoms with Gasteiger partial charge in [-0.1, -0.05) is 0 Å². The van der Waals surface area contributed by atoms with Crippen molar-refractivity contribution in [2.45, 2.75) is 51.9 Å². The predicted octanol–water partition coefficient (Wildman–Crippen LogP) is 3.11. The summed E-state index contributed by atoms with van der Waals surface area (Å²) in [5.74, 6) is 1.76. The van der Waals surface area contributed by atoms with Crippen molar-refractivity contribution >= 4 is 11.8 Å². The number of piperazine rings is 1. The van der Waals surface area contributed by atoms with Gasteiger partial charge < -0.3 is 15.1 Å². The summed E-state index contributed by atoms with van der Waals surface area (Å²) in [5.41, 5.74) is 1.09. The molecule has 0 bridgehead atoms. The lowest BCUT2D eigenvalue weighted by Crippen LogP contribution is -2.56. The van der Waals surface area contributed by atoms with Crippen molar-refractivity contribution in [2.75, 3.05) is 50.7 Å². The molecule has 30 heavy (non-hydrogen) atoms. The van der Waals surface area contributed by atoms with Gasteiger partial charge in [0.25, 0.3) is 0 Å². The Balaban J connectivity index is 1.61. The van der Waals surface area contributed by atoms with Crippen LogP contribution in [0.2, 0.25) is 0 Å². The van der Waals surface area contributed by atoms with Crippen LogP contribution in [0.3, 0.4) is 0 Å². The number of pyridine rings is 1. The summed E-state index contributed by atoms with van der Waals surface area (Å²) in [6, 6.07) is 2.66. The van der Waals surface area contributed by atoms with E-state index in [1.54, 1.807) is 0 Å². The second-order valence-corrected chi connectivity index (χ2v) is 7.98. The number of hydrogen-bond acceptors (Lipinski definition) is 4. The van der Waals surface area contributed by atoms with E-state index in [2.05, 4.69) is 26.2 Å². The first kappa shape index (κ1) is 22.7. The van der Waals surface area contributed by atoms with Gasteiger partial charge in [-0.2, -0.15) is 13.2 Å². The van der Waals surface area contributed by atoms with Gasteiger partial charge in [-0.25, -0.2) is 9.98 Å². The van der Waals surface area contributed by atoms with Crippen LogP contribution in [0.5, 0.6) is 0 Å². The van der Waals surface area contributed by atoms with Crippen LogP contribution in [0.25, 0.3) is 0 Å². The lowest BCUT2D eigenvalue weighted by molar-refractivity contribution is -0.181. The zero-order valence-electron chi connectivity index (χ0n) is 18.0. The highest BCUT2D eigenvalue weighted by Gasteiger charge is 2.41. The number of guanidine groups is 1. The quantitative estimate of drug-likeness (QED) is 0.579. The molecule has 0 saturated carbocycles. The molecule has 3 heterocycles. The molecule has 1 atom stereocenters. The van der Waals surface area contributed by atoms with Crippen molar-refractivity contribution in [3.8, 4) is 0 Å². The van der Waals surface area contributed by atoms with Gasteiger partial charge in [0.05, 0.1) is 6.54 Å². The Morgan fingerprint density at radius 3 is 2.47 bits per heavy atom. The second kappa shape index (κ2) is 10.3. The molecule has 0 amide bonds. The third-order valence-electron chi connectivity index (χ3n) is 5.87.